The number of hydrogen-bond acceptors (Lipinski definition) is 3. The Bertz CT molecular complexity index is 1050. The molecule has 1 amide bonds. The number of pyridine rings is 1. The second-order valence-electron chi connectivity index (χ2n) is 5.97. The normalized spacial score (nSPS) is 10.5. The van der Waals surface area contributed by atoms with Gasteiger partial charge in [-0.3, -0.25) is 9.59 Å². The first-order valence-electron chi connectivity index (χ1n) is 8.66. The van der Waals surface area contributed by atoms with Gasteiger partial charge in [-0.05, 0) is 37.3 Å². The highest BCUT2D eigenvalue weighted by Crippen LogP contribution is 2.24. The first-order valence-corrected chi connectivity index (χ1v) is 9.04. The minimum Gasteiger partial charge on any atom is -0.492 e. The fourth-order valence-corrected chi connectivity index (χ4v) is 2.91. The number of hydrogen-bond donors (Lipinski definition) is 1. The van der Waals surface area contributed by atoms with Crippen molar-refractivity contribution in [3.63, 3.8) is 0 Å². The fraction of sp³-hybridized carbons (Fsp3) is 0.143. The van der Waals surface area contributed by atoms with Gasteiger partial charge in [0.2, 0.25) is 0 Å². The molecule has 0 saturated heterocycles. The number of para-hydroxylation sites is 2. The highest BCUT2D eigenvalue weighted by atomic mass is 35.5. The predicted octanol–water partition coefficient (Wildman–Crippen LogP) is 4.34. The highest BCUT2D eigenvalue weighted by molar-refractivity contribution is 6.31. The zero-order valence-corrected chi connectivity index (χ0v) is 15.9. The Kier molecular flexibility index (Phi) is 6.11. The van der Waals surface area contributed by atoms with Crippen LogP contribution in [0.4, 0.5) is 10.1 Å². The van der Waals surface area contributed by atoms with E-state index in [0.717, 1.165) is 0 Å². The van der Waals surface area contributed by atoms with Gasteiger partial charge in [0, 0.05) is 22.8 Å². The molecule has 0 aliphatic heterocycles. The third-order valence-corrected chi connectivity index (χ3v) is 4.43. The van der Waals surface area contributed by atoms with Gasteiger partial charge in [0.15, 0.2) is 0 Å². The van der Waals surface area contributed by atoms with E-state index >= 15 is 0 Å². The summed E-state index contributed by atoms with van der Waals surface area (Å²) >= 11 is 6.04. The molecule has 0 atom stereocenters. The van der Waals surface area contributed by atoms with Crippen molar-refractivity contribution in [3.8, 4) is 5.75 Å². The van der Waals surface area contributed by atoms with Crippen LogP contribution in [-0.4, -0.2) is 17.1 Å². The van der Waals surface area contributed by atoms with Crippen molar-refractivity contribution >= 4 is 23.2 Å². The molecule has 0 bridgehead atoms. The number of rotatable bonds is 6. The monoisotopic (exact) mass is 400 g/mol. The molecule has 5 nitrogen and oxygen atoms in total. The highest BCUT2D eigenvalue weighted by Gasteiger charge is 2.13. The third kappa shape index (κ3) is 4.40. The molecule has 0 radical (unpaired) electrons. The van der Waals surface area contributed by atoms with Gasteiger partial charge in [0.05, 0.1) is 24.4 Å². The average molecular weight is 401 g/mol. The topological polar surface area (TPSA) is 60.3 Å². The molecule has 0 aliphatic carbocycles. The molecule has 7 heteroatoms. The molecule has 0 spiro atoms. The zero-order valence-electron chi connectivity index (χ0n) is 15.1. The molecule has 1 N–H and O–H groups in total. The summed E-state index contributed by atoms with van der Waals surface area (Å²) in [5.41, 5.74) is 0.582. The lowest BCUT2D eigenvalue weighted by Gasteiger charge is -2.13. The lowest BCUT2D eigenvalue weighted by atomic mass is 10.2. The molecule has 3 rings (SSSR count). The molecule has 1 aromatic heterocycles. The maximum Gasteiger partial charge on any atom is 0.257 e. The van der Waals surface area contributed by atoms with Crippen molar-refractivity contribution in [3.05, 3.63) is 93.1 Å². The van der Waals surface area contributed by atoms with Crippen molar-refractivity contribution in [2.75, 3.05) is 11.9 Å². The molecule has 0 fully saturated rings. The van der Waals surface area contributed by atoms with E-state index in [1.54, 1.807) is 30.3 Å². The standard InChI is InChI=1S/C21H18ClFN2O3/c1-2-28-19-9-4-3-8-18(19)24-21(27)14-10-11-20(26)25(12-14)13-15-16(22)6-5-7-17(15)23/h3-12H,2,13H2,1H3,(H,24,27). The summed E-state index contributed by atoms with van der Waals surface area (Å²) in [5, 5.41) is 2.98. The molecule has 28 heavy (non-hydrogen) atoms. The minimum absolute atomic E-state index is 0.0823. The van der Waals surface area contributed by atoms with E-state index < -0.39 is 11.7 Å². The number of benzene rings is 2. The number of nitrogens with zero attached hydrogens (tertiary/aromatic N) is 1. The fourth-order valence-electron chi connectivity index (χ4n) is 2.69. The summed E-state index contributed by atoms with van der Waals surface area (Å²) in [5.74, 6) is -0.384. The van der Waals surface area contributed by atoms with E-state index in [4.69, 9.17) is 16.3 Å². The van der Waals surface area contributed by atoms with Crippen LogP contribution in [0.2, 0.25) is 5.02 Å². The van der Waals surface area contributed by atoms with Gasteiger partial charge in [0.25, 0.3) is 11.5 Å². The van der Waals surface area contributed by atoms with Crippen LogP contribution in [0.15, 0.2) is 65.6 Å². The summed E-state index contributed by atoms with van der Waals surface area (Å²) in [4.78, 5) is 24.8. The largest absolute Gasteiger partial charge is 0.492 e. The minimum atomic E-state index is -0.514. The van der Waals surface area contributed by atoms with Gasteiger partial charge in [0.1, 0.15) is 11.6 Å². The van der Waals surface area contributed by atoms with Gasteiger partial charge >= 0.3 is 0 Å². The van der Waals surface area contributed by atoms with Gasteiger partial charge in [-0.2, -0.15) is 0 Å². The van der Waals surface area contributed by atoms with Crippen LogP contribution in [0.1, 0.15) is 22.8 Å². The van der Waals surface area contributed by atoms with E-state index in [1.165, 1.54) is 35.0 Å². The number of anilines is 1. The number of amides is 1. The van der Waals surface area contributed by atoms with Crippen LogP contribution in [0, 0.1) is 5.82 Å². The molecule has 144 valence electrons. The summed E-state index contributed by atoms with van der Waals surface area (Å²) < 4.78 is 20.8. The van der Waals surface area contributed by atoms with Crippen molar-refractivity contribution in [2.45, 2.75) is 13.5 Å². The second-order valence-corrected chi connectivity index (χ2v) is 6.37. The van der Waals surface area contributed by atoms with E-state index in [9.17, 15) is 14.0 Å². The quantitative estimate of drug-likeness (QED) is 0.669. The smallest absolute Gasteiger partial charge is 0.257 e. The van der Waals surface area contributed by atoms with Crippen molar-refractivity contribution in [2.24, 2.45) is 0 Å². The summed E-state index contributed by atoms with van der Waals surface area (Å²) in [6.07, 6.45) is 1.38. The van der Waals surface area contributed by atoms with Crippen LogP contribution in [0.25, 0.3) is 0 Å². The summed E-state index contributed by atoms with van der Waals surface area (Å²) in [6, 6.07) is 14.0. The van der Waals surface area contributed by atoms with Gasteiger partial charge < -0.3 is 14.6 Å². The SMILES string of the molecule is CCOc1ccccc1NC(=O)c1ccc(=O)n(Cc2c(F)cccc2Cl)c1. The maximum absolute atomic E-state index is 14.0. The Morgan fingerprint density at radius 3 is 2.68 bits per heavy atom. The van der Waals surface area contributed by atoms with Crippen molar-refractivity contribution < 1.29 is 13.9 Å². The first kappa shape index (κ1) is 19.6. The van der Waals surface area contributed by atoms with Gasteiger partial charge in [-0.1, -0.05) is 29.8 Å². The van der Waals surface area contributed by atoms with Crippen molar-refractivity contribution in [1.29, 1.82) is 0 Å². The van der Waals surface area contributed by atoms with Crippen LogP contribution >= 0.6 is 11.6 Å². The second kappa shape index (κ2) is 8.71. The molecule has 0 aliphatic rings. The van der Waals surface area contributed by atoms with Crippen molar-refractivity contribution in [1.82, 2.24) is 4.57 Å². The Labute approximate surface area is 166 Å². The lowest BCUT2D eigenvalue weighted by molar-refractivity contribution is 0.102. The number of nitrogens with one attached hydrogen (secondary N) is 1. The molecule has 3 aromatic rings. The van der Waals surface area contributed by atoms with Crippen LogP contribution in [0.3, 0.4) is 0 Å². The average Bonchev–Trinajstić information content (AvgIpc) is 2.68. The number of carbonyl (C=O) groups is 1. The number of aromatic nitrogens is 1. The Morgan fingerprint density at radius 2 is 1.93 bits per heavy atom. The molecular weight excluding hydrogens is 383 g/mol. The van der Waals surface area contributed by atoms with E-state index in [0.29, 0.717) is 18.0 Å². The molecule has 2 aromatic carbocycles. The molecular formula is C21H18ClFN2O3. The van der Waals surface area contributed by atoms with Crippen LogP contribution in [0.5, 0.6) is 5.75 Å². The van der Waals surface area contributed by atoms with E-state index in [-0.39, 0.29) is 28.3 Å². The van der Waals surface area contributed by atoms with Crippen LogP contribution < -0.4 is 15.6 Å². The van der Waals surface area contributed by atoms with E-state index in [2.05, 4.69) is 5.32 Å². The zero-order chi connectivity index (χ0) is 20.1. The number of ether oxygens (including phenoxy) is 1. The summed E-state index contributed by atoms with van der Waals surface area (Å²) in [6.45, 7) is 2.23. The molecule has 0 saturated carbocycles. The first-order chi connectivity index (χ1) is 13.5. The van der Waals surface area contributed by atoms with Crippen LogP contribution in [-0.2, 0) is 6.54 Å². The molecule has 0 unspecified atom stereocenters. The number of carbonyl (C=O) groups excluding carboxylic acids is 1. The lowest BCUT2D eigenvalue weighted by Crippen LogP contribution is -2.23. The maximum atomic E-state index is 14.0. The molecule has 1 heterocycles. The van der Waals surface area contributed by atoms with Gasteiger partial charge in [-0.25, -0.2) is 4.39 Å². The summed E-state index contributed by atoms with van der Waals surface area (Å²) in [7, 11) is 0. The number of halogens is 2. The Morgan fingerprint density at radius 1 is 1.14 bits per heavy atom. The van der Waals surface area contributed by atoms with E-state index in [1.807, 2.05) is 6.92 Å². The Balaban J connectivity index is 1.87. The Hall–Kier alpha value is -3.12. The third-order valence-electron chi connectivity index (χ3n) is 4.07. The van der Waals surface area contributed by atoms with Gasteiger partial charge in [-0.15, -0.1) is 0 Å². The predicted molar refractivity (Wildman–Crippen MR) is 107 cm³/mol.